The molecule has 0 spiro atoms. The molecule has 0 unspecified atom stereocenters. The number of hydrogen-bond acceptors (Lipinski definition) is 1. The van der Waals surface area contributed by atoms with Crippen molar-refractivity contribution in [1.29, 1.82) is 0 Å². The number of fused-ring (bicyclic) bond motifs is 1. The molecule has 0 radical (unpaired) electrons. The van der Waals surface area contributed by atoms with E-state index in [1.807, 2.05) is 6.07 Å². The number of nitrogens with zero attached hydrogens (tertiary/aromatic N) is 1. The molecule has 2 aromatic rings. The molecule has 0 amide bonds. The number of aromatic nitrogens is 2. The lowest BCUT2D eigenvalue weighted by molar-refractivity contribution is 1.09. The van der Waals surface area contributed by atoms with Gasteiger partial charge in [-0.3, -0.25) is 5.10 Å². The van der Waals surface area contributed by atoms with Gasteiger partial charge in [0.1, 0.15) is 3.70 Å². The molecule has 62 valence electrons. The fraction of sp³-hybridized carbons (Fsp3) is 0. The number of nitrogens with one attached hydrogen (secondary N) is 1. The van der Waals surface area contributed by atoms with Crippen LogP contribution in [-0.4, -0.2) is 10.2 Å². The van der Waals surface area contributed by atoms with Gasteiger partial charge in [0, 0.05) is 13.4 Å². The monoisotopic (exact) mass is 448 g/mol. The molecule has 2 nitrogen and oxygen atoms in total. The van der Waals surface area contributed by atoms with Gasteiger partial charge < -0.3 is 0 Å². The van der Waals surface area contributed by atoms with Crippen molar-refractivity contribution in [3.05, 3.63) is 23.9 Å². The quantitative estimate of drug-likeness (QED) is 0.614. The number of benzene rings is 1. The van der Waals surface area contributed by atoms with Gasteiger partial charge in [0.2, 0.25) is 0 Å². The number of hydrogen-bond donors (Lipinski definition) is 1. The SMILES string of the molecule is Brc1cc(I)c2c(I)[nH]nc2c1. The van der Waals surface area contributed by atoms with E-state index in [2.05, 4.69) is 77.4 Å². The Labute approximate surface area is 105 Å². The van der Waals surface area contributed by atoms with Gasteiger partial charge >= 0.3 is 0 Å². The van der Waals surface area contributed by atoms with Crippen molar-refractivity contribution in [2.24, 2.45) is 0 Å². The zero-order valence-electron chi connectivity index (χ0n) is 5.74. The number of aromatic amines is 1. The van der Waals surface area contributed by atoms with E-state index in [9.17, 15) is 0 Å². The number of rotatable bonds is 0. The van der Waals surface area contributed by atoms with Gasteiger partial charge in [0.25, 0.3) is 0 Å². The maximum atomic E-state index is 4.17. The molecule has 1 N–H and O–H groups in total. The Balaban J connectivity index is 2.93. The highest BCUT2D eigenvalue weighted by Gasteiger charge is 2.06. The molecule has 0 bridgehead atoms. The summed E-state index contributed by atoms with van der Waals surface area (Å²) in [5, 5.41) is 8.34. The lowest BCUT2D eigenvalue weighted by Crippen LogP contribution is -1.76. The highest BCUT2D eigenvalue weighted by Crippen LogP contribution is 2.27. The van der Waals surface area contributed by atoms with Gasteiger partial charge in [-0.05, 0) is 57.3 Å². The molecule has 0 aliphatic rings. The molecule has 0 saturated heterocycles. The van der Waals surface area contributed by atoms with E-state index in [-0.39, 0.29) is 0 Å². The summed E-state index contributed by atoms with van der Waals surface area (Å²) in [5.74, 6) is 0. The van der Waals surface area contributed by atoms with Crippen LogP contribution in [0.1, 0.15) is 0 Å². The van der Waals surface area contributed by atoms with E-state index >= 15 is 0 Å². The normalized spacial score (nSPS) is 10.9. The van der Waals surface area contributed by atoms with Crippen molar-refractivity contribution in [1.82, 2.24) is 10.2 Å². The van der Waals surface area contributed by atoms with Crippen LogP contribution in [0.2, 0.25) is 0 Å². The van der Waals surface area contributed by atoms with Crippen molar-refractivity contribution in [3.63, 3.8) is 0 Å². The molecule has 2 rings (SSSR count). The first-order valence-electron chi connectivity index (χ1n) is 3.17. The molecule has 0 fully saturated rings. The lowest BCUT2D eigenvalue weighted by Gasteiger charge is -1.94. The lowest BCUT2D eigenvalue weighted by atomic mass is 10.3. The van der Waals surface area contributed by atoms with E-state index < -0.39 is 0 Å². The van der Waals surface area contributed by atoms with Crippen LogP contribution in [0.3, 0.4) is 0 Å². The molecule has 1 heterocycles. The fourth-order valence-electron chi connectivity index (χ4n) is 1.03. The topological polar surface area (TPSA) is 28.7 Å². The maximum absolute atomic E-state index is 4.17. The maximum Gasteiger partial charge on any atom is 0.105 e. The van der Waals surface area contributed by atoms with Crippen molar-refractivity contribution >= 4 is 72.0 Å². The molecule has 1 aromatic heterocycles. The third-order valence-corrected chi connectivity index (χ3v) is 3.62. The van der Waals surface area contributed by atoms with E-state index in [1.165, 1.54) is 8.96 Å². The van der Waals surface area contributed by atoms with Crippen LogP contribution < -0.4 is 0 Å². The van der Waals surface area contributed by atoms with Crippen molar-refractivity contribution < 1.29 is 0 Å². The minimum atomic E-state index is 1.01. The summed E-state index contributed by atoms with van der Waals surface area (Å²) in [5.41, 5.74) is 1.01. The Kier molecular flexibility index (Phi) is 2.61. The Morgan fingerprint density at radius 1 is 1.33 bits per heavy atom. The van der Waals surface area contributed by atoms with Gasteiger partial charge in [-0.1, -0.05) is 15.9 Å². The molecular formula is C7H3BrI2N2. The van der Waals surface area contributed by atoms with Gasteiger partial charge in [0.15, 0.2) is 0 Å². The third-order valence-electron chi connectivity index (χ3n) is 1.53. The van der Waals surface area contributed by atoms with E-state index in [0.717, 1.165) is 13.7 Å². The molecule has 1 aromatic carbocycles. The minimum absolute atomic E-state index is 1.01. The van der Waals surface area contributed by atoms with Crippen LogP contribution in [0.5, 0.6) is 0 Å². The zero-order chi connectivity index (χ0) is 8.72. The fourth-order valence-corrected chi connectivity index (χ4v) is 3.99. The second-order valence-electron chi connectivity index (χ2n) is 2.32. The van der Waals surface area contributed by atoms with Crippen LogP contribution >= 0.6 is 61.1 Å². The molecule has 12 heavy (non-hydrogen) atoms. The molecular weight excluding hydrogens is 446 g/mol. The molecule has 0 saturated carbocycles. The van der Waals surface area contributed by atoms with Gasteiger partial charge in [-0.15, -0.1) is 0 Å². The highest BCUT2D eigenvalue weighted by molar-refractivity contribution is 14.1. The molecule has 0 aliphatic heterocycles. The Morgan fingerprint density at radius 2 is 2.08 bits per heavy atom. The second-order valence-corrected chi connectivity index (χ2v) is 5.48. The Hall–Kier alpha value is 0.630. The second kappa shape index (κ2) is 3.41. The van der Waals surface area contributed by atoms with Crippen LogP contribution in [0.25, 0.3) is 10.9 Å². The summed E-state index contributed by atoms with van der Waals surface area (Å²) in [6.07, 6.45) is 0. The van der Waals surface area contributed by atoms with Crippen molar-refractivity contribution in [2.75, 3.05) is 0 Å². The summed E-state index contributed by atoms with van der Waals surface area (Å²) >= 11 is 8.00. The summed E-state index contributed by atoms with van der Waals surface area (Å²) in [7, 11) is 0. The van der Waals surface area contributed by atoms with E-state index in [0.29, 0.717) is 0 Å². The summed E-state index contributed by atoms with van der Waals surface area (Å²) < 4.78 is 3.39. The van der Waals surface area contributed by atoms with Crippen LogP contribution in [-0.2, 0) is 0 Å². The van der Waals surface area contributed by atoms with Crippen LogP contribution in [0.15, 0.2) is 16.6 Å². The van der Waals surface area contributed by atoms with Crippen LogP contribution in [0, 0.1) is 7.27 Å². The third kappa shape index (κ3) is 1.50. The Bertz CT molecular complexity index is 438. The van der Waals surface area contributed by atoms with Crippen molar-refractivity contribution in [3.8, 4) is 0 Å². The predicted octanol–water partition coefficient (Wildman–Crippen LogP) is 3.53. The largest absolute Gasteiger partial charge is 0.271 e. The molecule has 0 atom stereocenters. The molecule has 5 heteroatoms. The Morgan fingerprint density at radius 3 is 2.83 bits per heavy atom. The average Bonchev–Trinajstić information content (AvgIpc) is 2.31. The van der Waals surface area contributed by atoms with Gasteiger partial charge in [0.05, 0.1) is 5.52 Å². The summed E-state index contributed by atoms with van der Waals surface area (Å²) in [6.45, 7) is 0. The standard InChI is InChI=1S/C7H3BrI2N2/c8-3-1-4(9)6-5(2-3)11-12-7(6)10/h1-2H,(H,11,12). The smallest absolute Gasteiger partial charge is 0.105 e. The average molecular weight is 449 g/mol. The van der Waals surface area contributed by atoms with E-state index in [4.69, 9.17) is 0 Å². The minimum Gasteiger partial charge on any atom is -0.271 e. The molecule has 0 aliphatic carbocycles. The number of H-pyrrole nitrogens is 1. The van der Waals surface area contributed by atoms with Crippen molar-refractivity contribution in [2.45, 2.75) is 0 Å². The van der Waals surface area contributed by atoms with Gasteiger partial charge in [-0.2, -0.15) is 5.10 Å². The first-order chi connectivity index (χ1) is 5.68. The highest BCUT2D eigenvalue weighted by atomic mass is 127. The summed E-state index contributed by atoms with van der Waals surface area (Å²) in [6, 6.07) is 4.09. The number of halogens is 3. The first-order valence-corrected chi connectivity index (χ1v) is 6.12. The van der Waals surface area contributed by atoms with Gasteiger partial charge in [-0.25, -0.2) is 0 Å². The first kappa shape index (κ1) is 9.20. The zero-order valence-corrected chi connectivity index (χ0v) is 11.6. The van der Waals surface area contributed by atoms with Crippen LogP contribution in [0.4, 0.5) is 0 Å². The summed E-state index contributed by atoms with van der Waals surface area (Å²) in [4.78, 5) is 0. The predicted molar refractivity (Wildman–Crippen MR) is 69.2 cm³/mol. The van der Waals surface area contributed by atoms with E-state index in [1.54, 1.807) is 0 Å².